The Bertz CT molecular complexity index is 1100. The maximum absolute atomic E-state index is 13.5. The minimum Gasteiger partial charge on any atom is -0.496 e. The number of amides is 1. The fourth-order valence-corrected chi connectivity index (χ4v) is 7.90. The van der Waals surface area contributed by atoms with Gasteiger partial charge >= 0.3 is 0 Å². The maximum Gasteiger partial charge on any atom is 0.254 e. The van der Waals surface area contributed by atoms with Crippen LogP contribution < -0.4 is 10.5 Å². The molecule has 0 saturated heterocycles. The van der Waals surface area contributed by atoms with Crippen LogP contribution in [-0.4, -0.2) is 21.4 Å². The van der Waals surface area contributed by atoms with E-state index in [1.54, 1.807) is 6.07 Å². The number of nitrogens with zero attached hydrogens (tertiary/aromatic N) is 1. The summed E-state index contributed by atoms with van der Waals surface area (Å²) in [7, 11) is -2.77. The van der Waals surface area contributed by atoms with E-state index in [9.17, 15) is 18.5 Å². The van der Waals surface area contributed by atoms with Gasteiger partial charge in [0.25, 0.3) is 5.91 Å². The van der Waals surface area contributed by atoms with E-state index < -0.39 is 21.2 Å². The predicted octanol–water partition coefficient (Wildman–Crippen LogP) is 4.44. The van der Waals surface area contributed by atoms with Crippen molar-refractivity contribution in [3.8, 4) is 11.8 Å². The summed E-state index contributed by atoms with van der Waals surface area (Å²) in [6.07, 6.45) is 2.56. The van der Waals surface area contributed by atoms with E-state index in [1.807, 2.05) is 0 Å². The number of hydrogen-bond acceptors (Lipinski definition) is 6. The number of rotatable bonds is 5. The van der Waals surface area contributed by atoms with Crippen LogP contribution in [0, 0.1) is 11.3 Å². The molecule has 1 saturated carbocycles. The molecule has 6 nitrogen and oxygen atoms in total. The first-order valence-corrected chi connectivity index (χ1v) is 11.8. The first-order chi connectivity index (χ1) is 13.2. The highest BCUT2D eigenvalue weighted by Crippen LogP contribution is 2.49. The smallest absolute Gasteiger partial charge is 0.254 e. The highest BCUT2D eigenvalue weighted by molar-refractivity contribution is 9.11. The average Bonchev–Trinajstić information content (AvgIpc) is 3.30. The van der Waals surface area contributed by atoms with E-state index in [2.05, 4.69) is 22.0 Å². The lowest BCUT2D eigenvalue weighted by atomic mass is 9.80. The standard InChI is InChI=1S/C18H16BrClN2O4S2/c1-26-11-8-10(18(9-21)6-2-3-7-18)16(15(20)14(11)17(22)23)28(24,25)13-5-4-12(19)27-13/h4-5,8H,2-3,6-7H2,1H3,(H2,22,23). The highest BCUT2D eigenvalue weighted by atomic mass is 79.9. The van der Waals surface area contributed by atoms with Crippen LogP contribution in [0.2, 0.25) is 5.02 Å². The number of nitrogens with two attached hydrogens (primary N) is 1. The third-order valence-corrected chi connectivity index (χ3v) is 9.36. The number of carbonyl (C=O) groups is 1. The van der Waals surface area contributed by atoms with Gasteiger partial charge in [-0.2, -0.15) is 5.26 Å². The van der Waals surface area contributed by atoms with Crippen molar-refractivity contribution in [3.05, 3.63) is 38.1 Å². The van der Waals surface area contributed by atoms with Gasteiger partial charge in [0.2, 0.25) is 9.84 Å². The third-order valence-electron chi connectivity index (χ3n) is 4.92. The van der Waals surface area contributed by atoms with Crippen LogP contribution in [0.5, 0.6) is 5.75 Å². The molecule has 1 aromatic heterocycles. The maximum atomic E-state index is 13.5. The predicted molar refractivity (Wildman–Crippen MR) is 110 cm³/mol. The molecule has 1 aliphatic carbocycles. The summed E-state index contributed by atoms with van der Waals surface area (Å²) in [5.74, 6) is -0.852. The third kappa shape index (κ3) is 3.32. The second-order valence-corrected chi connectivity index (χ2v) is 11.4. The van der Waals surface area contributed by atoms with Crippen LogP contribution in [0.1, 0.15) is 41.6 Å². The summed E-state index contributed by atoms with van der Waals surface area (Å²) < 4.78 is 32.9. The Morgan fingerprint density at radius 1 is 1.39 bits per heavy atom. The molecule has 10 heteroatoms. The number of thiophene rings is 1. The SMILES string of the molecule is COc1cc(C2(C#N)CCCC2)c(S(=O)(=O)c2ccc(Br)s2)c(Cl)c1C(N)=O. The van der Waals surface area contributed by atoms with Crippen LogP contribution in [-0.2, 0) is 15.3 Å². The lowest BCUT2D eigenvalue weighted by Crippen LogP contribution is -2.25. The van der Waals surface area contributed by atoms with Gasteiger partial charge < -0.3 is 10.5 Å². The van der Waals surface area contributed by atoms with E-state index in [4.69, 9.17) is 22.1 Å². The molecule has 1 amide bonds. The number of primary amides is 1. The van der Waals surface area contributed by atoms with Crippen molar-refractivity contribution >= 4 is 54.6 Å². The Labute approximate surface area is 180 Å². The van der Waals surface area contributed by atoms with Crippen LogP contribution in [0.3, 0.4) is 0 Å². The highest BCUT2D eigenvalue weighted by Gasteiger charge is 2.43. The molecule has 1 aliphatic rings. The summed E-state index contributed by atoms with van der Waals surface area (Å²) in [6, 6.07) is 6.78. The van der Waals surface area contributed by atoms with Crippen molar-refractivity contribution in [2.24, 2.45) is 5.73 Å². The summed E-state index contributed by atoms with van der Waals surface area (Å²) in [6.45, 7) is 0. The monoisotopic (exact) mass is 502 g/mol. The van der Waals surface area contributed by atoms with Crippen LogP contribution in [0.25, 0.3) is 0 Å². The molecule has 1 aromatic carbocycles. The molecule has 0 spiro atoms. The number of nitriles is 1. The van der Waals surface area contributed by atoms with E-state index in [1.165, 1.54) is 19.2 Å². The molecule has 1 fully saturated rings. The number of methoxy groups -OCH3 is 1. The Hall–Kier alpha value is -1.60. The lowest BCUT2D eigenvalue weighted by molar-refractivity contribution is 0.0997. The van der Waals surface area contributed by atoms with Crippen LogP contribution >= 0.6 is 38.9 Å². The van der Waals surface area contributed by atoms with Gasteiger partial charge in [0, 0.05) is 0 Å². The zero-order chi connectivity index (χ0) is 20.7. The lowest BCUT2D eigenvalue weighted by Gasteiger charge is -2.26. The summed E-state index contributed by atoms with van der Waals surface area (Å²) in [4.78, 5) is 11.7. The Kier molecular flexibility index (Phi) is 5.79. The van der Waals surface area contributed by atoms with Crippen LogP contribution in [0.4, 0.5) is 0 Å². The quantitative estimate of drug-likeness (QED) is 0.648. The molecule has 28 heavy (non-hydrogen) atoms. The topological polar surface area (TPSA) is 110 Å². The van der Waals surface area contributed by atoms with Crippen molar-refractivity contribution in [2.75, 3.05) is 7.11 Å². The van der Waals surface area contributed by atoms with Crippen molar-refractivity contribution in [1.29, 1.82) is 5.26 Å². The second-order valence-electron chi connectivity index (χ2n) is 6.47. The first-order valence-electron chi connectivity index (χ1n) is 8.30. The number of hydrogen-bond donors (Lipinski definition) is 1. The van der Waals surface area contributed by atoms with Crippen molar-refractivity contribution in [2.45, 2.75) is 40.2 Å². The minimum atomic E-state index is -4.10. The van der Waals surface area contributed by atoms with E-state index in [0.29, 0.717) is 16.6 Å². The van der Waals surface area contributed by atoms with Gasteiger partial charge in [-0.05, 0) is 52.5 Å². The second kappa shape index (κ2) is 7.67. The van der Waals surface area contributed by atoms with Gasteiger partial charge in [0.15, 0.2) is 0 Å². The number of ether oxygens (including phenoxy) is 1. The number of carbonyl (C=O) groups excluding carboxylic acids is 1. The average molecular weight is 504 g/mol. The fourth-order valence-electron chi connectivity index (χ4n) is 3.58. The summed E-state index contributed by atoms with van der Waals surface area (Å²) >= 11 is 10.7. The van der Waals surface area contributed by atoms with Gasteiger partial charge in [-0.25, -0.2) is 8.42 Å². The molecule has 0 aliphatic heterocycles. The molecule has 0 bridgehead atoms. The largest absolute Gasteiger partial charge is 0.496 e. The van der Waals surface area contributed by atoms with Gasteiger partial charge in [-0.1, -0.05) is 24.4 Å². The number of benzene rings is 1. The number of halogens is 2. The Morgan fingerprint density at radius 3 is 2.50 bits per heavy atom. The van der Waals surface area contributed by atoms with Gasteiger partial charge in [0.1, 0.15) is 15.5 Å². The molecule has 148 valence electrons. The normalized spacial score (nSPS) is 15.9. The first kappa shape index (κ1) is 21.1. The Morgan fingerprint density at radius 2 is 2.04 bits per heavy atom. The van der Waals surface area contributed by atoms with Gasteiger partial charge in [-0.15, -0.1) is 11.3 Å². The van der Waals surface area contributed by atoms with E-state index in [-0.39, 0.29) is 31.0 Å². The Balaban J connectivity index is 2.44. The number of sulfone groups is 1. The fraction of sp³-hybridized carbons (Fsp3) is 0.333. The molecule has 2 aromatic rings. The zero-order valence-electron chi connectivity index (χ0n) is 14.8. The molecule has 0 atom stereocenters. The summed E-state index contributed by atoms with van der Waals surface area (Å²) in [5.41, 5.74) is 4.46. The molecule has 3 rings (SSSR count). The molecule has 0 radical (unpaired) electrons. The van der Waals surface area contributed by atoms with Gasteiger partial charge in [-0.3, -0.25) is 4.79 Å². The van der Waals surface area contributed by atoms with Crippen molar-refractivity contribution < 1.29 is 17.9 Å². The molecule has 0 unspecified atom stereocenters. The minimum absolute atomic E-state index is 0.0502. The van der Waals surface area contributed by atoms with Gasteiger partial charge in [0.05, 0.1) is 32.3 Å². The van der Waals surface area contributed by atoms with Crippen molar-refractivity contribution in [1.82, 2.24) is 0 Å². The molecular weight excluding hydrogens is 488 g/mol. The zero-order valence-corrected chi connectivity index (χ0v) is 18.8. The van der Waals surface area contributed by atoms with Crippen molar-refractivity contribution in [3.63, 3.8) is 0 Å². The summed E-state index contributed by atoms with van der Waals surface area (Å²) in [5, 5.41) is 9.63. The van der Waals surface area contributed by atoms with Crippen LogP contribution in [0.15, 0.2) is 31.1 Å². The van der Waals surface area contributed by atoms with E-state index >= 15 is 0 Å². The van der Waals surface area contributed by atoms with E-state index in [0.717, 1.165) is 24.2 Å². The molecule has 2 N–H and O–H groups in total. The molecular formula is C18H16BrClN2O4S2. The molecule has 1 heterocycles.